The third-order valence-corrected chi connectivity index (χ3v) is 5.88. The van der Waals surface area contributed by atoms with Crippen LogP contribution in [0.15, 0.2) is 78.9 Å². The topological polar surface area (TPSA) is 92.8 Å². The van der Waals surface area contributed by atoms with Gasteiger partial charge >= 0.3 is 0 Å². The summed E-state index contributed by atoms with van der Waals surface area (Å²) in [4.78, 5) is 51.3. The van der Waals surface area contributed by atoms with Crippen LogP contribution in [0.5, 0.6) is 5.75 Å². The number of hydrogen-bond acceptors (Lipinski definition) is 5. The van der Waals surface area contributed by atoms with E-state index in [-0.39, 0.29) is 29.7 Å². The van der Waals surface area contributed by atoms with E-state index in [0.717, 1.165) is 16.0 Å². The van der Waals surface area contributed by atoms with Crippen molar-refractivity contribution < 1.29 is 23.9 Å². The van der Waals surface area contributed by atoms with Crippen LogP contribution in [0.2, 0.25) is 0 Å². The van der Waals surface area contributed by atoms with E-state index >= 15 is 0 Å². The normalized spacial score (nSPS) is 17.8. The Morgan fingerprint density at radius 3 is 2.03 bits per heavy atom. The monoisotopic (exact) mass is 440 g/mol. The molecular formula is C26H20N2O5. The fourth-order valence-electron chi connectivity index (χ4n) is 4.29. The first-order valence-electron chi connectivity index (χ1n) is 10.7. The van der Waals surface area contributed by atoms with E-state index in [2.05, 4.69) is 5.32 Å². The highest BCUT2D eigenvalue weighted by molar-refractivity contribution is 6.24. The van der Waals surface area contributed by atoms with Gasteiger partial charge in [-0.05, 0) is 29.7 Å². The average molecular weight is 440 g/mol. The standard InChI is InChI=1S/C26H20N2O5/c29-21-15-14-19(24(30)27-21)28-25(31)18-12-7-13-20(22(18)26(28)32)33-23(16-8-3-1-4-9-16)17-10-5-2-6-11-17/h1-13,19,23H,14-15H2,(H,27,29,30). The third-order valence-electron chi connectivity index (χ3n) is 5.88. The van der Waals surface area contributed by atoms with Crippen LogP contribution in [-0.2, 0) is 9.59 Å². The first-order chi connectivity index (χ1) is 16.0. The van der Waals surface area contributed by atoms with E-state index < -0.39 is 35.8 Å². The Kier molecular flexibility index (Phi) is 5.22. The van der Waals surface area contributed by atoms with Crippen molar-refractivity contribution in [1.29, 1.82) is 0 Å². The molecule has 5 rings (SSSR count). The Bertz CT molecular complexity index is 1220. The molecule has 0 bridgehead atoms. The third kappa shape index (κ3) is 3.67. The fourth-order valence-corrected chi connectivity index (χ4v) is 4.29. The molecular weight excluding hydrogens is 420 g/mol. The van der Waals surface area contributed by atoms with E-state index in [9.17, 15) is 19.2 Å². The lowest BCUT2D eigenvalue weighted by Gasteiger charge is -2.28. The van der Waals surface area contributed by atoms with Crippen LogP contribution in [0.4, 0.5) is 0 Å². The maximum absolute atomic E-state index is 13.4. The van der Waals surface area contributed by atoms with Crippen molar-refractivity contribution in [3.05, 3.63) is 101 Å². The number of carbonyl (C=O) groups is 4. The first-order valence-corrected chi connectivity index (χ1v) is 10.7. The molecule has 7 heteroatoms. The summed E-state index contributed by atoms with van der Waals surface area (Å²) in [6.07, 6.45) is -0.341. The molecule has 0 spiro atoms. The van der Waals surface area contributed by atoms with Gasteiger partial charge in [0.1, 0.15) is 17.9 Å². The largest absolute Gasteiger partial charge is 0.480 e. The Morgan fingerprint density at radius 1 is 0.788 bits per heavy atom. The smallest absolute Gasteiger partial charge is 0.266 e. The minimum atomic E-state index is -1.03. The summed E-state index contributed by atoms with van der Waals surface area (Å²) < 4.78 is 6.37. The van der Waals surface area contributed by atoms with Gasteiger partial charge in [-0.15, -0.1) is 0 Å². The number of nitrogens with one attached hydrogen (secondary N) is 1. The predicted molar refractivity (Wildman–Crippen MR) is 118 cm³/mol. The maximum Gasteiger partial charge on any atom is 0.266 e. The molecule has 3 aromatic rings. The van der Waals surface area contributed by atoms with Crippen LogP contribution in [0.1, 0.15) is 50.8 Å². The van der Waals surface area contributed by atoms with Crippen molar-refractivity contribution in [2.75, 3.05) is 0 Å². The molecule has 1 saturated heterocycles. The Hall–Kier alpha value is -4.26. The summed E-state index contributed by atoms with van der Waals surface area (Å²) in [5.74, 6) is -1.95. The van der Waals surface area contributed by atoms with Crippen molar-refractivity contribution >= 4 is 23.6 Å². The van der Waals surface area contributed by atoms with E-state index in [0.29, 0.717) is 0 Å². The predicted octanol–water partition coefficient (Wildman–Crippen LogP) is 3.26. The second-order valence-electron chi connectivity index (χ2n) is 7.95. The van der Waals surface area contributed by atoms with Gasteiger partial charge in [0.15, 0.2) is 0 Å². The van der Waals surface area contributed by atoms with E-state index in [1.807, 2.05) is 60.7 Å². The molecule has 4 amide bonds. The molecule has 7 nitrogen and oxygen atoms in total. The number of fused-ring (bicyclic) bond motifs is 1. The van der Waals surface area contributed by atoms with Gasteiger partial charge in [-0.1, -0.05) is 66.7 Å². The second kappa shape index (κ2) is 8.35. The van der Waals surface area contributed by atoms with Crippen LogP contribution in [0.25, 0.3) is 0 Å². The molecule has 2 aliphatic rings. The lowest BCUT2D eigenvalue weighted by atomic mass is 10.0. The molecule has 0 saturated carbocycles. The fraction of sp³-hybridized carbons (Fsp3) is 0.154. The van der Waals surface area contributed by atoms with Crippen molar-refractivity contribution in [2.45, 2.75) is 25.0 Å². The summed E-state index contributed by atoms with van der Waals surface area (Å²) in [5.41, 5.74) is 2.09. The number of rotatable bonds is 5. The van der Waals surface area contributed by atoms with E-state index in [1.165, 1.54) is 0 Å². The number of ether oxygens (including phenoxy) is 1. The minimum absolute atomic E-state index is 0.0667. The highest BCUT2D eigenvalue weighted by Crippen LogP contribution is 2.37. The molecule has 0 aromatic heterocycles. The van der Waals surface area contributed by atoms with E-state index in [1.54, 1.807) is 18.2 Å². The molecule has 0 aliphatic carbocycles. The van der Waals surface area contributed by atoms with Gasteiger partial charge in [0, 0.05) is 6.42 Å². The molecule has 0 radical (unpaired) electrons. The second-order valence-corrected chi connectivity index (χ2v) is 7.95. The summed E-state index contributed by atoms with van der Waals surface area (Å²) in [6, 6.07) is 23.0. The zero-order chi connectivity index (χ0) is 22.9. The minimum Gasteiger partial charge on any atom is -0.480 e. The van der Waals surface area contributed by atoms with Crippen molar-refractivity contribution in [3.8, 4) is 5.75 Å². The van der Waals surface area contributed by atoms with Crippen LogP contribution >= 0.6 is 0 Å². The Balaban J connectivity index is 1.52. The average Bonchev–Trinajstić information content (AvgIpc) is 3.09. The van der Waals surface area contributed by atoms with Gasteiger partial charge in [-0.3, -0.25) is 29.4 Å². The van der Waals surface area contributed by atoms with Gasteiger partial charge in [0.2, 0.25) is 11.8 Å². The van der Waals surface area contributed by atoms with Crippen molar-refractivity contribution in [1.82, 2.24) is 10.2 Å². The van der Waals surface area contributed by atoms with Gasteiger partial charge in [-0.2, -0.15) is 0 Å². The zero-order valence-electron chi connectivity index (χ0n) is 17.6. The van der Waals surface area contributed by atoms with Gasteiger partial charge in [-0.25, -0.2) is 0 Å². The van der Waals surface area contributed by atoms with Crippen LogP contribution in [-0.4, -0.2) is 34.6 Å². The number of piperidine rings is 1. The molecule has 1 N–H and O–H groups in total. The highest BCUT2D eigenvalue weighted by atomic mass is 16.5. The van der Waals surface area contributed by atoms with Crippen molar-refractivity contribution in [2.24, 2.45) is 0 Å². The molecule has 2 aliphatic heterocycles. The lowest BCUT2D eigenvalue weighted by molar-refractivity contribution is -0.136. The molecule has 164 valence electrons. The summed E-state index contributed by atoms with van der Waals surface area (Å²) >= 11 is 0. The van der Waals surface area contributed by atoms with Gasteiger partial charge in [0.25, 0.3) is 11.8 Å². The van der Waals surface area contributed by atoms with Crippen LogP contribution < -0.4 is 10.1 Å². The number of amides is 4. The molecule has 33 heavy (non-hydrogen) atoms. The highest BCUT2D eigenvalue weighted by Gasteiger charge is 2.46. The molecule has 2 heterocycles. The Labute approximate surface area is 190 Å². The van der Waals surface area contributed by atoms with Gasteiger partial charge < -0.3 is 4.74 Å². The summed E-state index contributed by atoms with van der Waals surface area (Å²) in [7, 11) is 0. The van der Waals surface area contributed by atoms with Gasteiger partial charge in [0.05, 0.1) is 11.1 Å². The maximum atomic E-state index is 13.4. The molecule has 3 aromatic carbocycles. The van der Waals surface area contributed by atoms with Crippen molar-refractivity contribution in [3.63, 3.8) is 0 Å². The number of nitrogens with zero attached hydrogens (tertiary/aromatic N) is 1. The number of benzene rings is 3. The van der Waals surface area contributed by atoms with Crippen LogP contribution in [0.3, 0.4) is 0 Å². The number of hydrogen-bond donors (Lipinski definition) is 1. The SMILES string of the molecule is O=C1CCC(N2C(=O)c3cccc(OC(c4ccccc4)c4ccccc4)c3C2=O)C(=O)N1. The summed E-state index contributed by atoms with van der Waals surface area (Å²) in [6.45, 7) is 0. The Morgan fingerprint density at radius 2 is 1.42 bits per heavy atom. The summed E-state index contributed by atoms with van der Waals surface area (Å²) in [5, 5.41) is 2.21. The zero-order valence-corrected chi connectivity index (χ0v) is 17.6. The van der Waals surface area contributed by atoms with Crippen LogP contribution in [0, 0.1) is 0 Å². The quantitative estimate of drug-likeness (QED) is 0.615. The molecule has 1 fully saturated rings. The number of imide groups is 2. The lowest BCUT2D eigenvalue weighted by Crippen LogP contribution is -2.54. The molecule has 1 unspecified atom stereocenters. The number of carbonyl (C=O) groups excluding carboxylic acids is 4. The first kappa shape index (κ1) is 20.6. The van der Waals surface area contributed by atoms with E-state index in [4.69, 9.17) is 4.74 Å². The molecule has 1 atom stereocenters.